The fourth-order valence-corrected chi connectivity index (χ4v) is 14.7. The number of hydrogen-bond acceptors (Lipinski definition) is 18. The Morgan fingerprint density at radius 1 is 0.322 bits per heavy atom. The maximum absolute atomic E-state index is 13.5. The normalized spacial score (nSPS) is 25.2. The van der Waals surface area contributed by atoms with E-state index in [0.717, 1.165) is 109 Å². The molecule has 0 aliphatic carbocycles. The van der Waals surface area contributed by atoms with Gasteiger partial charge in [0, 0.05) is 6.42 Å². The summed E-state index contributed by atoms with van der Waals surface area (Å²) in [5.74, 6) is -0.276. The number of carbonyl (C=O) groups excluding carboxylic acids is 1. The molecule has 19 nitrogen and oxygen atoms in total. The van der Waals surface area contributed by atoms with Crippen LogP contribution in [0.5, 0.6) is 0 Å². The zero-order valence-corrected chi connectivity index (χ0v) is 71.5. The van der Waals surface area contributed by atoms with Crippen LogP contribution < -0.4 is 5.32 Å². The molecule has 0 bridgehead atoms. The van der Waals surface area contributed by atoms with Crippen molar-refractivity contribution in [1.82, 2.24) is 5.32 Å². The first-order valence-corrected chi connectivity index (χ1v) is 45.9. The summed E-state index contributed by atoms with van der Waals surface area (Å²) in [5.41, 5.74) is 0. The Labute approximate surface area is 696 Å². The van der Waals surface area contributed by atoms with Gasteiger partial charge in [-0.15, -0.1) is 0 Å². The highest BCUT2D eigenvalue weighted by atomic mass is 16.8. The standard InChI is InChI=1S/C96H165NO18/c1-3-5-7-9-11-13-15-17-19-21-23-25-27-29-31-33-35-37-38-39-40-42-44-46-48-50-52-54-56-58-60-62-64-66-68-70-72-74-84(102)97-79(80(101)73-71-69-67-65-63-61-59-57-55-53-51-49-47-45-43-41-36-34-32-30-28-26-24-22-20-18-16-14-12-10-8-6-4-2)78-110-94-90(108)87(105)92(82(76-99)112-94)115-96-91(109)88(106)93(83(77-100)113-96)114-95-89(107)86(104)85(103)81(75-98)111-95/h5,7,11,13,17,19,23,25,29,31,35,37,39-40,44,46,50,52,56,58,62,64,79-83,85-96,98-101,103-109H,3-4,6,8-10,12,14-16,18,20-22,24,26-28,30,32-34,36,38,41-43,45,47-49,51,53-55,57,59-61,63,65-78H2,1-2H3,(H,97,102)/b7-5-,13-11-,19-17-,25-23-,31-29-,37-35-,40-39-,46-44-,52-50-,58-56-,64-62-. The van der Waals surface area contributed by atoms with Crippen molar-refractivity contribution in [3.8, 4) is 0 Å². The van der Waals surface area contributed by atoms with E-state index < -0.39 is 124 Å². The van der Waals surface area contributed by atoms with Gasteiger partial charge in [-0.05, 0) is 96.3 Å². The van der Waals surface area contributed by atoms with Gasteiger partial charge in [-0.25, -0.2) is 0 Å². The first-order chi connectivity index (χ1) is 56.3. The van der Waals surface area contributed by atoms with E-state index in [0.29, 0.717) is 19.3 Å². The summed E-state index contributed by atoms with van der Waals surface area (Å²) in [5, 5.41) is 121. The Morgan fingerprint density at radius 3 is 0.930 bits per heavy atom. The average Bonchev–Trinajstić information content (AvgIpc) is 0.779. The SMILES string of the molecule is CC/C=C\C/C=C\C/C=C\C/C=C\C/C=C\C/C=C\C/C=C\C/C=C\C/C=C\C/C=C\C/C=C\CCCCCC(=O)NC(COC1OC(CO)C(OC2OC(CO)C(OC3OC(CO)C(O)C(O)C3O)C(O)C2O)C(O)C1O)C(O)CCCCCCCCCCCCCCCCCCCCCCCCCCCCCCCCCCC. The zero-order valence-electron chi connectivity index (χ0n) is 71.5. The molecule has 3 fully saturated rings. The van der Waals surface area contributed by atoms with Crippen LogP contribution >= 0.6 is 0 Å². The number of unbranched alkanes of at least 4 members (excludes halogenated alkanes) is 35. The zero-order chi connectivity index (χ0) is 83.1. The molecule has 17 atom stereocenters. The Hall–Kier alpha value is -4.07. The van der Waals surface area contributed by atoms with Gasteiger partial charge in [0.25, 0.3) is 0 Å². The summed E-state index contributed by atoms with van der Waals surface area (Å²) in [6, 6.07) is -0.918. The van der Waals surface area contributed by atoms with Crippen LogP contribution in [-0.2, 0) is 33.2 Å². The van der Waals surface area contributed by atoms with Crippen LogP contribution in [0.4, 0.5) is 0 Å². The van der Waals surface area contributed by atoms with Crippen LogP contribution in [0.25, 0.3) is 0 Å². The number of allylic oxidation sites excluding steroid dienone is 22. The van der Waals surface area contributed by atoms with E-state index in [1.165, 1.54) is 186 Å². The van der Waals surface area contributed by atoms with Gasteiger partial charge in [-0.1, -0.05) is 366 Å². The van der Waals surface area contributed by atoms with Crippen molar-refractivity contribution in [2.75, 3.05) is 26.4 Å². The molecule has 12 N–H and O–H groups in total. The van der Waals surface area contributed by atoms with Crippen molar-refractivity contribution in [1.29, 1.82) is 0 Å². The first kappa shape index (κ1) is 105. The molecule has 115 heavy (non-hydrogen) atoms. The molecule has 3 aliphatic rings. The highest BCUT2D eigenvalue weighted by molar-refractivity contribution is 5.76. The molecule has 1 amide bonds. The second-order valence-electron chi connectivity index (χ2n) is 32.0. The minimum atomic E-state index is -1.98. The molecule has 0 aromatic rings. The van der Waals surface area contributed by atoms with Gasteiger partial charge in [0.15, 0.2) is 18.9 Å². The van der Waals surface area contributed by atoms with E-state index in [2.05, 4.69) is 153 Å². The third-order valence-electron chi connectivity index (χ3n) is 22.0. The van der Waals surface area contributed by atoms with E-state index in [9.17, 15) is 61.0 Å². The smallest absolute Gasteiger partial charge is 0.220 e. The lowest BCUT2D eigenvalue weighted by atomic mass is 9.96. The fraction of sp³-hybridized carbons (Fsp3) is 0.760. The van der Waals surface area contributed by atoms with Crippen molar-refractivity contribution >= 4 is 5.91 Å². The summed E-state index contributed by atoms with van der Waals surface area (Å²) in [6.07, 6.45) is 79.8. The van der Waals surface area contributed by atoms with Gasteiger partial charge in [-0.2, -0.15) is 0 Å². The molecule has 19 heteroatoms. The van der Waals surface area contributed by atoms with Crippen molar-refractivity contribution in [3.63, 3.8) is 0 Å². The van der Waals surface area contributed by atoms with E-state index in [4.69, 9.17) is 28.4 Å². The van der Waals surface area contributed by atoms with Crippen LogP contribution in [0, 0.1) is 0 Å². The molecule has 0 saturated carbocycles. The summed E-state index contributed by atoms with van der Waals surface area (Å²) < 4.78 is 34.6. The Kier molecular flexibility index (Phi) is 67.5. The van der Waals surface area contributed by atoms with Crippen LogP contribution in [0.3, 0.4) is 0 Å². The highest BCUT2D eigenvalue weighted by Gasteiger charge is 2.54. The van der Waals surface area contributed by atoms with Gasteiger partial charge >= 0.3 is 0 Å². The monoisotopic (exact) mass is 1620 g/mol. The van der Waals surface area contributed by atoms with Gasteiger partial charge in [0.05, 0.1) is 38.6 Å². The third-order valence-corrected chi connectivity index (χ3v) is 22.0. The Morgan fingerprint density at radius 2 is 0.600 bits per heavy atom. The summed E-state index contributed by atoms with van der Waals surface area (Å²) in [7, 11) is 0. The van der Waals surface area contributed by atoms with Gasteiger partial charge in [0.2, 0.25) is 5.91 Å². The van der Waals surface area contributed by atoms with E-state index >= 15 is 0 Å². The topological polar surface area (TPSA) is 307 Å². The first-order valence-electron chi connectivity index (χ1n) is 45.9. The number of aliphatic hydroxyl groups excluding tert-OH is 11. The maximum atomic E-state index is 13.5. The molecule has 0 spiro atoms. The lowest BCUT2D eigenvalue weighted by Gasteiger charge is -2.48. The minimum Gasteiger partial charge on any atom is -0.394 e. The minimum absolute atomic E-state index is 0.218. The molecule has 0 radical (unpaired) electrons. The van der Waals surface area contributed by atoms with Crippen molar-refractivity contribution in [3.05, 3.63) is 134 Å². The van der Waals surface area contributed by atoms with Crippen LogP contribution in [0.15, 0.2) is 134 Å². The van der Waals surface area contributed by atoms with E-state index in [1.807, 2.05) is 0 Å². The van der Waals surface area contributed by atoms with Crippen LogP contribution in [0.2, 0.25) is 0 Å². The maximum Gasteiger partial charge on any atom is 0.220 e. The number of carbonyl (C=O) groups is 1. The molecular weight excluding hydrogens is 1460 g/mol. The molecule has 3 saturated heterocycles. The number of rotatable bonds is 73. The average molecular weight is 1620 g/mol. The summed E-state index contributed by atoms with van der Waals surface area (Å²) in [6.45, 7) is 1.69. The Balaban J connectivity index is 1.34. The van der Waals surface area contributed by atoms with Gasteiger partial charge in [0.1, 0.15) is 73.2 Å². The molecular formula is C96H165NO18. The number of aliphatic hydroxyl groups is 11. The highest BCUT2D eigenvalue weighted by Crippen LogP contribution is 2.34. The molecule has 0 aromatic carbocycles. The summed E-state index contributed by atoms with van der Waals surface area (Å²) in [4.78, 5) is 13.5. The number of ether oxygens (including phenoxy) is 6. The quantitative estimate of drug-likeness (QED) is 0.0199. The number of amides is 1. The molecule has 3 aliphatic heterocycles. The predicted molar refractivity (Wildman–Crippen MR) is 466 cm³/mol. The van der Waals surface area contributed by atoms with Crippen molar-refractivity contribution in [2.45, 2.75) is 439 Å². The molecule has 0 aromatic heterocycles. The third kappa shape index (κ3) is 52.0. The Bertz CT molecular complexity index is 2600. The van der Waals surface area contributed by atoms with Crippen LogP contribution in [0.1, 0.15) is 335 Å². The summed E-state index contributed by atoms with van der Waals surface area (Å²) >= 11 is 0. The molecule has 17 unspecified atom stereocenters. The fourth-order valence-electron chi connectivity index (χ4n) is 14.7. The molecule has 662 valence electrons. The lowest BCUT2D eigenvalue weighted by Crippen LogP contribution is -2.66. The predicted octanol–water partition coefficient (Wildman–Crippen LogP) is 18.0. The lowest BCUT2D eigenvalue weighted by molar-refractivity contribution is -0.379. The van der Waals surface area contributed by atoms with E-state index in [1.54, 1.807) is 0 Å². The molecule has 3 heterocycles. The second kappa shape index (κ2) is 73.8. The van der Waals surface area contributed by atoms with Crippen molar-refractivity contribution in [2.24, 2.45) is 0 Å². The number of hydrogen-bond donors (Lipinski definition) is 12. The van der Waals surface area contributed by atoms with Crippen molar-refractivity contribution < 1.29 is 89.4 Å². The van der Waals surface area contributed by atoms with Gasteiger partial charge < -0.3 is 89.9 Å². The molecule has 3 rings (SSSR count). The van der Waals surface area contributed by atoms with Gasteiger partial charge in [-0.3, -0.25) is 4.79 Å². The largest absolute Gasteiger partial charge is 0.394 e. The van der Waals surface area contributed by atoms with E-state index in [-0.39, 0.29) is 18.9 Å². The second-order valence-corrected chi connectivity index (χ2v) is 32.0. The van der Waals surface area contributed by atoms with Crippen LogP contribution in [-0.4, -0.2) is 193 Å². The number of nitrogens with one attached hydrogen (secondary N) is 1.